The number of hydrogen-bond acceptors (Lipinski definition) is 5. The van der Waals surface area contributed by atoms with Crippen LogP contribution in [-0.4, -0.2) is 82.2 Å². The molecule has 0 spiro atoms. The minimum absolute atomic E-state index is 0.0867. The minimum atomic E-state index is 0.0867. The average molecular weight is 350 g/mol. The molecular formula is C16H30N8O. The molecule has 1 aromatic rings. The summed E-state index contributed by atoms with van der Waals surface area (Å²) in [5.74, 6) is 2.71. The van der Waals surface area contributed by atoms with Gasteiger partial charge in [0.05, 0.1) is 13.1 Å². The van der Waals surface area contributed by atoms with E-state index in [2.05, 4.69) is 35.6 Å². The molecule has 0 aliphatic carbocycles. The molecule has 2 rings (SSSR count). The number of nitrogens with one attached hydrogen (secondary N) is 2. The van der Waals surface area contributed by atoms with E-state index in [9.17, 15) is 4.79 Å². The van der Waals surface area contributed by atoms with Gasteiger partial charge in [-0.2, -0.15) is 0 Å². The Balaban J connectivity index is 1.80. The molecule has 1 amide bonds. The molecule has 1 aromatic heterocycles. The summed E-state index contributed by atoms with van der Waals surface area (Å²) in [4.78, 5) is 20.6. The number of piperazine rings is 1. The molecule has 0 bridgehead atoms. The van der Waals surface area contributed by atoms with Crippen molar-refractivity contribution in [1.29, 1.82) is 0 Å². The first-order valence-electron chi connectivity index (χ1n) is 8.73. The molecule has 0 saturated carbocycles. The molecule has 25 heavy (non-hydrogen) atoms. The number of hydrogen-bond donors (Lipinski definition) is 2. The summed E-state index contributed by atoms with van der Waals surface area (Å²) in [7, 11) is 3.74. The van der Waals surface area contributed by atoms with Crippen molar-refractivity contribution >= 4 is 11.9 Å². The van der Waals surface area contributed by atoms with Crippen LogP contribution >= 0.6 is 0 Å². The van der Waals surface area contributed by atoms with Gasteiger partial charge in [0.1, 0.15) is 5.82 Å². The Labute approximate surface area is 149 Å². The number of aliphatic imine (C=N–C) groups is 1. The third-order valence-electron chi connectivity index (χ3n) is 4.29. The minimum Gasteiger partial charge on any atom is -0.353 e. The lowest BCUT2D eigenvalue weighted by Gasteiger charge is -2.36. The average Bonchev–Trinajstić information content (AvgIpc) is 2.88. The van der Waals surface area contributed by atoms with Gasteiger partial charge in [0, 0.05) is 46.3 Å². The fourth-order valence-electron chi connectivity index (χ4n) is 2.78. The number of guanidine groups is 1. The van der Waals surface area contributed by atoms with E-state index in [1.807, 2.05) is 32.4 Å². The van der Waals surface area contributed by atoms with Crippen LogP contribution < -0.4 is 10.6 Å². The summed E-state index contributed by atoms with van der Waals surface area (Å²) in [5.41, 5.74) is 0. The van der Waals surface area contributed by atoms with Crippen LogP contribution in [0.25, 0.3) is 0 Å². The third-order valence-corrected chi connectivity index (χ3v) is 4.29. The van der Waals surface area contributed by atoms with Gasteiger partial charge >= 0.3 is 0 Å². The van der Waals surface area contributed by atoms with E-state index in [1.54, 1.807) is 7.05 Å². The first-order valence-corrected chi connectivity index (χ1v) is 8.73. The number of rotatable bonds is 5. The zero-order valence-electron chi connectivity index (χ0n) is 15.9. The second-order valence-electron chi connectivity index (χ2n) is 6.61. The van der Waals surface area contributed by atoms with E-state index in [0.29, 0.717) is 13.1 Å². The van der Waals surface area contributed by atoms with Crippen LogP contribution in [-0.2, 0) is 18.4 Å². The molecule has 2 N–H and O–H groups in total. The number of amides is 1. The smallest absolute Gasteiger partial charge is 0.234 e. The predicted octanol–water partition coefficient (Wildman–Crippen LogP) is -0.659. The quantitative estimate of drug-likeness (QED) is 0.541. The lowest BCUT2D eigenvalue weighted by Crippen LogP contribution is -2.54. The Morgan fingerprint density at radius 1 is 1.24 bits per heavy atom. The van der Waals surface area contributed by atoms with Crippen LogP contribution in [0.4, 0.5) is 0 Å². The van der Waals surface area contributed by atoms with Crippen LogP contribution in [0.1, 0.15) is 25.5 Å². The van der Waals surface area contributed by atoms with Crippen LogP contribution in [0.5, 0.6) is 0 Å². The zero-order chi connectivity index (χ0) is 18.4. The highest BCUT2D eigenvalue weighted by Gasteiger charge is 2.21. The largest absolute Gasteiger partial charge is 0.353 e. The van der Waals surface area contributed by atoms with Crippen LogP contribution in [0, 0.1) is 6.92 Å². The fourth-order valence-corrected chi connectivity index (χ4v) is 2.78. The van der Waals surface area contributed by atoms with Crippen LogP contribution in [0.15, 0.2) is 4.99 Å². The van der Waals surface area contributed by atoms with Gasteiger partial charge in [-0.15, -0.1) is 10.2 Å². The monoisotopic (exact) mass is 350 g/mol. The first-order chi connectivity index (χ1) is 11.9. The highest BCUT2D eigenvalue weighted by atomic mass is 16.2. The van der Waals surface area contributed by atoms with Crippen molar-refractivity contribution in [2.75, 3.05) is 39.8 Å². The molecule has 0 unspecified atom stereocenters. The maximum Gasteiger partial charge on any atom is 0.234 e. The van der Waals surface area contributed by atoms with E-state index in [-0.39, 0.29) is 11.9 Å². The molecule has 0 radical (unpaired) electrons. The van der Waals surface area contributed by atoms with Crippen molar-refractivity contribution < 1.29 is 4.79 Å². The van der Waals surface area contributed by atoms with Crippen molar-refractivity contribution in [1.82, 2.24) is 35.2 Å². The maximum atomic E-state index is 11.9. The maximum absolute atomic E-state index is 11.9. The summed E-state index contributed by atoms with van der Waals surface area (Å²) in [6.07, 6.45) is 0. The summed E-state index contributed by atoms with van der Waals surface area (Å²) < 4.78 is 1.96. The summed E-state index contributed by atoms with van der Waals surface area (Å²) in [6.45, 7) is 10.3. The molecule has 0 aromatic carbocycles. The highest BCUT2D eigenvalue weighted by molar-refractivity contribution is 5.80. The topological polar surface area (TPSA) is 90.7 Å². The fraction of sp³-hybridized carbons (Fsp3) is 0.750. The summed E-state index contributed by atoms with van der Waals surface area (Å²) >= 11 is 0. The molecule has 2 heterocycles. The molecule has 1 aliphatic heterocycles. The molecule has 0 atom stereocenters. The Morgan fingerprint density at radius 3 is 2.44 bits per heavy atom. The number of aryl methyl sites for hydroxylation is 1. The summed E-state index contributed by atoms with van der Waals surface area (Å²) in [6, 6.07) is 0.182. The molecule has 1 aliphatic rings. The van der Waals surface area contributed by atoms with Crippen molar-refractivity contribution in [3.8, 4) is 0 Å². The zero-order valence-corrected chi connectivity index (χ0v) is 15.9. The SMILES string of the molecule is CN=C(NCc1nnc(C)n1C)N1CCN(CC(=O)NC(C)C)CC1. The molecular weight excluding hydrogens is 320 g/mol. The van der Waals surface area contributed by atoms with E-state index in [1.165, 1.54) is 0 Å². The number of aromatic nitrogens is 3. The standard InChI is InChI=1S/C16H30N8O/c1-12(2)19-15(25)11-23-6-8-24(9-7-23)16(17-4)18-10-14-21-20-13(3)22(14)5/h12H,6-11H2,1-5H3,(H,17,18)(H,19,25). The molecule has 1 saturated heterocycles. The van der Waals surface area contributed by atoms with Gasteiger partial charge in [-0.05, 0) is 20.8 Å². The Hall–Kier alpha value is -2.16. The predicted molar refractivity (Wildman–Crippen MR) is 97.2 cm³/mol. The van der Waals surface area contributed by atoms with Gasteiger partial charge in [0.2, 0.25) is 5.91 Å². The van der Waals surface area contributed by atoms with E-state index in [0.717, 1.165) is 43.8 Å². The molecule has 9 heteroatoms. The van der Waals surface area contributed by atoms with Crippen molar-refractivity contribution in [3.63, 3.8) is 0 Å². The molecule has 9 nitrogen and oxygen atoms in total. The number of nitrogens with zero attached hydrogens (tertiary/aromatic N) is 6. The van der Waals surface area contributed by atoms with E-state index in [4.69, 9.17) is 0 Å². The number of carbonyl (C=O) groups is 1. The van der Waals surface area contributed by atoms with Crippen molar-refractivity contribution in [3.05, 3.63) is 11.6 Å². The van der Waals surface area contributed by atoms with Gasteiger partial charge in [-0.3, -0.25) is 14.7 Å². The van der Waals surface area contributed by atoms with Gasteiger partial charge in [0.25, 0.3) is 0 Å². The van der Waals surface area contributed by atoms with Gasteiger partial charge in [-0.1, -0.05) is 0 Å². The van der Waals surface area contributed by atoms with Gasteiger partial charge in [-0.25, -0.2) is 0 Å². The molecule has 1 fully saturated rings. The van der Waals surface area contributed by atoms with E-state index >= 15 is 0 Å². The first kappa shape index (κ1) is 19.2. The Kier molecular flexibility index (Phi) is 6.74. The van der Waals surface area contributed by atoms with Crippen molar-refractivity contribution in [2.45, 2.75) is 33.4 Å². The van der Waals surface area contributed by atoms with Crippen molar-refractivity contribution in [2.24, 2.45) is 12.0 Å². The van der Waals surface area contributed by atoms with Gasteiger partial charge in [0.15, 0.2) is 11.8 Å². The highest BCUT2D eigenvalue weighted by Crippen LogP contribution is 2.03. The Bertz CT molecular complexity index is 601. The second-order valence-corrected chi connectivity index (χ2v) is 6.61. The normalized spacial score (nSPS) is 16.4. The Morgan fingerprint density at radius 2 is 1.92 bits per heavy atom. The summed E-state index contributed by atoms with van der Waals surface area (Å²) in [5, 5.41) is 14.5. The van der Waals surface area contributed by atoms with Crippen LogP contribution in [0.2, 0.25) is 0 Å². The van der Waals surface area contributed by atoms with Gasteiger partial charge < -0.3 is 20.1 Å². The van der Waals surface area contributed by atoms with E-state index < -0.39 is 0 Å². The lowest BCUT2D eigenvalue weighted by atomic mass is 10.3. The second kappa shape index (κ2) is 8.80. The lowest BCUT2D eigenvalue weighted by molar-refractivity contribution is -0.123. The third kappa shape index (κ3) is 5.42. The molecule has 140 valence electrons. The van der Waals surface area contributed by atoms with Crippen LogP contribution in [0.3, 0.4) is 0 Å². The number of carbonyl (C=O) groups excluding carboxylic acids is 1.